The minimum Gasteiger partial charge on any atom is -0.389 e. The number of piperidine rings is 1. The van der Waals surface area contributed by atoms with Gasteiger partial charge in [-0.3, -0.25) is 14.7 Å². The average Bonchev–Trinajstić information content (AvgIpc) is 3.11. The van der Waals surface area contributed by atoms with Gasteiger partial charge in [-0.25, -0.2) is 9.50 Å². The number of hydrogen-bond acceptors (Lipinski definition) is 4. The van der Waals surface area contributed by atoms with Crippen molar-refractivity contribution in [1.82, 2.24) is 19.5 Å². The van der Waals surface area contributed by atoms with Crippen LogP contribution in [0.4, 0.5) is 0 Å². The number of H-pyrrole nitrogens is 1. The van der Waals surface area contributed by atoms with E-state index in [1.807, 2.05) is 4.90 Å². The van der Waals surface area contributed by atoms with Gasteiger partial charge < -0.3 is 10.0 Å². The molecular formula is C19H26N4O3. The summed E-state index contributed by atoms with van der Waals surface area (Å²) >= 11 is 0. The van der Waals surface area contributed by atoms with Crippen LogP contribution in [0.5, 0.6) is 0 Å². The number of aliphatic hydroxyl groups is 1. The number of hydrogen-bond donors (Lipinski definition) is 2. The fourth-order valence-electron chi connectivity index (χ4n) is 4.42. The molecule has 2 aromatic rings. The van der Waals surface area contributed by atoms with E-state index in [4.69, 9.17) is 0 Å². The van der Waals surface area contributed by atoms with Crippen LogP contribution in [-0.4, -0.2) is 42.7 Å². The summed E-state index contributed by atoms with van der Waals surface area (Å²) in [4.78, 5) is 31.7. The standard InChI is InChI=1S/C19H26N4O3/c24-17-12-14(21-16-7-10-20-23(16)17)15-6-2-5-11-22(15)18(25)13-19(26)8-3-1-4-9-19/h7,10,12,15,20,26H,1-6,8-9,11,13H2/t15-/m1/s1. The second-order valence-electron chi connectivity index (χ2n) is 7.74. The molecule has 0 radical (unpaired) electrons. The Kier molecular flexibility index (Phi) is 4.56. The second kappa shape index (κ2) is 6.87. The number of aromatic amines is 1. The Morgan fingerprint density at radius 2 is 2.08 bits per heavy atom. The zero-order valence-corrected chi connectivity index (χ0v) is 15.0. The maximum Gasteiger partial charge on any atom is 0.272 e. The molecule has 7 nitrogen and oxygen atoms in total. The third kappa shape index (κ3) is 3.28. The summed E-state index contributed by atoms with van der Waals surface area (Å²) in [7, 11) is 0. The maximum absolute atomic E-state index is 13.0. The number of carbonyl (C=O) groups excluding carboxylic acids is 1. The molecule has 1 saturated carbocycles. The van der Waals surface area contributed by atoms with E-state index in [0.29, 0.717) is 30.7 Å². The van der Waals surface area contributed by atoms with Crippen molar-refractivity contribution in [1.29, 1.82) is 0 Å². The molecule has 1 aliphatic heterocycles. The van der Waals surface area contributed by atoms with Crippen molar-refractivity contribution in [3.8, 4) is 0 Å². The third-order valence-corrected chi connectivity index (χ3v) is 5.83. The van der Waals surface area contributed by atoms with E-state index in [2.05, 4.69) is 10.1 Å². The van der Waals surface area contributed by atoms with E-state index in [9.17, 15) is 14.7 Å². The van der Waals surface area contributed by atoms with Crippen molar-refractivity contribution in [2.24, 2.45) is 0 Å². The van der Waals surface area contributed by atoms with Gasteiger partial charge in [0, 0.05) is 24.9 Å². The lowest BCUT2D eigenvalue weighted by Crippen LogP contribution is -2.44. The second-order valence-corrected chi connectivity index (χ2v) is 7.74. The minimum absolute atomic E-state index is 0.0184. The number of nitrogens with one attached hydrogen (secondary N) is 1. The van der Waals surface area contributed by atoms with Gasteiger partial charge in [-0.2, -0.15) is 0 Å². The minimum atomic E-state index is -0.866. The summed E-state index contributed by atoms with van der Waals surface area (Å²) in [5.41, 5.74) is 0.183. The van der Waals surface area contributed by atoms with Gasteiger partial charge in [0.05, 0.1) is 23.8 Å². The number of carbonyl (C=O) groups is 1. The monoisotopic (exact) mass is 358 g/mol. The number of nitrogens with zero attached hydrogens (tertiary/aromatic N) is 3. The molecule has 3 heterocycles. The molecule has 2 aliphatic rings. The van der Waals surface area contributed by atoms with Gasteiger partial charge in [0.25, 0.3) is 5.56 Å². The van der Waals surface area contributed by atoms with E-state index in [0.717, 1.165) is 38.5 Å². The summed E-state index contributed by atoms with van der Waals surface area (Å²) in [6.45, 7) is 0.660. The molecule has 4 rings (SSSR count). The van der Waals surface area contributed by atoms with Crippen LogP contribution < -0.4 is 5.56 Å². The number of likely N-dealkylation sites (tertiary alicyclic amines) is 1. The lowest BCUT2D eigenvalue weighted by atomic mass is 9.82. The van der Waals surface area contributed by atoms with E-state index in [1.54, 1.807) is 12.3 Å². The third-order valence-electron chi connectivity index (χ3n) is 5.83. The smallest absolute Gasteiger partial charge is 0.272 e. The topological polar surface area (TPSA) is 90.7 Å². The van der Waals surface area contributed by atoms with E-state index in [1.165, 1.54) is 10.6 Å². The Labute approximate surface area is 152 Å². The molecule has 26 heavy (non-hydrogen) atoms. The van der Waals surface area contributed by atoms with Crippen LogP contribution >= 0.6 is 0 Å². The molecule has 0 bridgehead atoms. The van der Waals surface area contributed by atoms with Crippen molar-refractivity contribution < 1.29 is 9.90 Å². The van der Waals surface area contributed by atoms with Gasteiger partial charge in [0.1, 0.15) is 0 Å². The number of rotatable bonds is 3. The lowest BCUT2D eigenvalue weighted by molar-refractivity contribution is -0.141. The Bertz CT molecular complexity index is 850. The molecule has 2 aromatic heterocycles. The lowest BCUT2D eigenvalue weighted by Gasteiger charge is -2.38. The van der Waals surface area contributed by atoms with Gasteiger partial charge in [-0.1, -0.05) is 19.3 Å². The molecule has 1 atom stereocenters. The quantitative estimate of drug-likeness (QED) is 0.880. The first-order valence-electron chi connectivity index (χ1n) is 9.65. The number of amides is 1. The van der Waals surface area contributed by atoms with Gasteiger partial charge >= 0.3 is 0 Å². The summed E-state index contributed by atoms with van der Waals surface area (Å²) in [5.74, 6) is -0.0184. The van der Waals surface area contributed by atoms with Gasteiger partial charge in [0.15, 0.2) is 5.65 Å². The van der Waals surface area contributed by atoms with Crippen LogP contribution in [-0.2, 0) is 4.79 Å². The Morgan fingerprint density at radius 1 is 1.27 bits per heavy atom. The highest BCUT2D eigenvalue weighted by molar-refractivity contribution is 5.78. The molecule has 1 saturated heterocycles. The SMILES string of the molecule is O=C(CC1(O)CCCCC1)N1CCCC[C@@H]1c1cc(=O)n2[nH]ccc2n1. The fourth-order valence-corrected chi connectivity index (χ4v) is 4.42. The molecule has 0 aromatic carbocycles. The highest BCUT2D eigenvalue weighted by Gasteiger charge is 2.36. The van der Waals surface area contributed by atoms with Gasteiger partial charge in [-0.05, 0) is 32.1 Å². The summed E-state index contributed by atoms with van der Waals surface area (Å²) < 4.78 is 1.39. The van der Waals surface area contributed by atoms with Gasteiger partial charge in [-0.15, -0.1) is 0 Å². The molecule has 2 N–H and O–H groups in total. The van der Waals surface area contributed by atoms with Crippen molar-refractivity contribution in [2.75, 3.05) is 6.54 Å². The van der Waals surface area contributed by atoms with Crippen molar-refractivity contribution in [3.05, 3.63) is 34.4 Å². The zero-order chi connectivity index (χ0) is 18.1. The largest absolute Gasteiger partial charge is 0.389 e. The zero-order valence-electron chi connectivity index (χ0n) is 15.0. The molecule has 0 spiro atoms. The van der Waals surface area contributed by atoms with Crippen LogP contribution in [0.1, 0.15) is 69.5 Å². The molecule has 1 amide bonds. The van der Waals surface area contributed by atoms with E-state index in [-0.39, 0.29) is 23.9 Å². The predicted molar refractivity (Wildman–Crippen MR) is 96.8 cm³/mol. The fraction of sp³-hybridized carbons (Fsp3) is 0.632. The number of fused-ring (bicyclic) bond motifs is 1. The van der Waals surface area contributed by atoms with E-state index >= 15 is 0 Å². The maximum atomic E-state index is 13.0. The summed E-state index contributed by atoms with van der Waals surface area (Å²) in [6, 6.07) is 3.09. The first kappa shape index (κ1) is 17.3. The van der Waals surface area contributed by atoms with Crippen LogP contribution in [0.25, 0.3) is 5.65 Å². The van der Waals surface area contributed by atoms with Crippen molar-refractivity contribution >= 4 is 11.6 Å². The molecule has 2 fully saturated rings. The van der Waals surface area contributed by atoms with Crippen LogP contribution in [0.3, 0.4) is 0 Å². The molecule has 7 heteroatoms. The molecule has 140 valence electrons. The summed E-state index contributed by atoms with van der Waals surface area (Å²) in [6.07, 6.45) is 9.11. The number of aromatic nitrogens is 3. The Morgan fingerprint density at radius 3 is 2.88 bits per heavy atom. The Balaban J connectivity index is 1.59. The highest BCUT2D eigenvalue weighted by Crippen LogP contribution is 2.35. The van der Waals surface area contributed by atoms with Gasteiger partial charge in [0.2, 0.25) is 5.91 Å². The molecule has 1 aliphatic carbocycles. The van der Waals surface area contributed by atoms with Crippen LogP contribution in [0.2, 0.25) is 0 Å². The van der Waals surface area contributed by atoms with Crippen LogP contribution in [0.15, 0.2) is 23.1 Å². The normalized spacial score (nSPS) is 23.3. The highest BCUT2D eigenvalue weighted by atomic mass is 16.3. The first-order chi connectivity index (χ1) is 12.6. The predicted octanol–water partition coefficient (Wildman–Crippen LogP) is 2.16. The molecular weight excluding hydrogens is 332 g/mol. The Hall–Kier alpha value is -2.15. The first-order valence-corrected chi connectivity index (χ1v) is 9.65. The molecule has 0 unspecified atom stereocenters. The summed E-state index contributed by atoms with van der Waals surface area (Å²) in [5, 5.41) is 13.6. The van der Waals surface area contributed by atoms with Crippen molar-refractivity contribution in [3.63, 3.8) is 0 Å². The average molecular weight is 358 g/mol. The van der Waals surface area contributed by atoms with E-state index < -0.39 is 5.60 Å². The van der Waals surface area contributed by atoms with Crippen molar-refractivity contribution in [2.45, 2.75) is 69.4 Å². The van der Waals surface area contributed by atoms with Crippen LogP contribution in [0, 0.1) is 0 Å².